The number of aryl methyl sites for hydroxylation is 2. The number of anilines is 2. The summed E-state index contributed by atoms with van der Waals surface area (Å²) in [5, 5.41) is 8.83. The van der Waals surface area contributed by atoms with Crippen LogP contribution in [0.15, 0.2) is 42.5 Å². The Kier molecular flexibility index (Phi) is 12.3. The molecule has 192 valence electrons. The number of hydrogen-bond acceptors (Lipinski definition) is 5. The number of hydrogen-bond donors (Lipinski definition) is 2. The van der Waals surface area contributed by atoms with Gasteiger partial charge < -0.3 is 14.7 Å². The normalized spacial score (nSPS) is 13.8. The molecule has 7 nitrogen and oxygen atoms in total. The molecule has 0 fully saturated rings. The predicted molar refractivity (Wildman–Crippen MR) is 142 cm³/mol. The Morgan fingerprint density at radius 3 is 2.24 bits per heavy atom. The Morgan fingerprint density at radius 1 is 1.00 bits per heavy atom. The fourth-order valence-electron chi connectivity index (χ4n) is 3.38. The predicted octanol–water partition coefficient (Wildman–Crippen LogP) is 5.30. The van der Waals surface area contributed by atoms with Crippen molar-refractivity contribution in [2.75, 3.05) is 29.0 Å². The minimum absolute atomic E-state index is 0. The van der Waals surface area contributed by atoms with Crippen molar-refractivity contribution in [1.82, 2.24) is 0 Å². The molecule has 2 N–H and O–H groups in total. The van der Waals surface area contributed by atoms with Crippen LogP contribution in [0.3, 0.4) is 0 Å². The summed E-state index contributed by atoms with van der Waals surface area (Å²) in [7, 11) is -3.14. The van der Waals surface area contributed by atoms with Crippen LogP contribution in [-0.4, -0.2) is 44.4 Å². The van der Waals surface area contributed by atoms with E-state index >= 15 is 0 Å². The maximum atomic E-state index is 12.5. The highest BCUT2D eigenvalue weighted by Gasteiger charge is 2.40. The number of sulfonamides is 1. The smallest absolute Gasteiger partial charge is 0.270 e. The van der Waals surface area contributed by atoms with Crippen LogP contribution in [-0.2, 0) is 14.8 Å². The van der Waals surface area contributed by atoms with Crippen LogP contribution in [0, 0.1) is 13.8 Å². The average molecular weight is 495 g/mol. The van der Waals surface area contributed by atoms with Gasteiger partial charge in [0, 0.05) is 18.8 Å². The van der Waals surface area contributed by atoms with Gasteiger partial charge in [-0.1, -0.05) is 33.1 Å². The van der Waals surface area contributed by atoms with E-state index in [1.165, 1.54) is 0 Å². The number of carbonyl (C=O) groups is 1. The number of nitrogens with zero attached hydrogens (tertiary/aromatic N) is 1. The van der Waals surface area contributed by atoms with Crippen molar-refractivity contribution in [3.63, 3.8) is 0 Å². The fraction of sp³-hybridized carbons (Fsp3) is 0.500. The zero-order valence-corrected chi connectivity index (χ0v) is 20.3. The van der Waals surface area contributed by atoms with Crippen LogP contribution >= 0.6 is 0 Å². The summed E-state index contributed by atoms with van der Waals surface area (Å²) in [5.41, 5.74) is 2.79. The second-order valence-corrected chi connectivity index (χ2v) is 10.3. The molecule has 1 amide bonds. The lowest BCUT2D eigenvalue weighted by atomic mass is 10.0. The maximum absolute atomic E-state index is 12.5. The zero-order chi connectivity index (χ0) is 23.9. The number of ether oxygens (including phenoxy) is 1. The summed E-state index contributed by atoms with van der Waals surface area (Å²) < 4.78 is 29.8. The molecule has 0 unspecified atom stereocenters. The van der Waals surface area contributed by atoms with Crippen molar-refractivity contribution in [3.05, 3.63) is 53.6 Å². The van der Waals surface area contributed by atoms with Gasteiger partial charge in [-0.25, -0.2) is 8.42 Å². The van der Waals surface area contributed by atoms with E-state index in [1.54, 1.807) is 26.0 Å². The molecular formula is C26H42N2O5S. The van der Waals surface area contributed by atoms with E-state index in [4.69, 9.17) is 9.84 Å². The van der Waals surface area contributed by atoms with Crippen LogP contribution in [0.2, 0.25) is 0 Å². The SMILES string of the molecule is C.C.Cc1ccc2c(c1)N(CCCCCO)C(=O)C(C)(C)O2.Cc1cccc(NS(C)(=O)=O)c1. The number of nitrogens with one attached hydrogen (secondary N) is 1. The molecule has 0 spiro atoms. The van der Waals surface area contributed by atoms with Gasteiger partial charge in [-0.3, -0.25) is 9.52 Å². The van der Waals surface area contributed by atoms with Crippen molar-refractivity contribution in [3.8, 4) is 5.75 Å². The fourth-order valence-corrected chi connectivity index (χ4v) is 3.94. The summed E-state index contributed by atoms with van der Waals surface area (Å²) >= 11 is 0. The third kappa shape index (κ3) is 9.35. The first-order chi connectivity index (χ1) is 14.9. The second kappa shape index (κ2) is 13.3. The quantitative estimate of drug-likeness (QED) is 0.509. The number of benzene rings is 2. The monoisotopic (exact) mass is 494 g/mol. The molecular weight excluding hydrogens is 452 g/mol. The molecule has 0 atom stereocenters. The first-order valence-corrected chi connectivity index (χ1v) is 12.6. The number of rotatable bonds is 7. The van der Waals surface area contributed by atoms with Crippen molar-refractivity contribution >= 4 is 27.3 Å². The van der Waals surface area contributed by atoms with Gasteiger partial charge in [0.1, 0.15) is 5.75 Å². The van der Waals surface area contributed by atoms with Gasteiger partial charge in [0.05, 0.1) is 11.9 Å². The Balaban J connectivity index is 0.000000675. The van der Waals surface area contributed by atoms with Crippen LogP contribution in [0.25, 0.3) is 0 Å². The van der Waals surface area contributed by atoms with E-state index in [0.717, 1.165) is 48.1 Å². The number of aliphatic hydroxyl groups is 1. The van der Waals surface area contributed by atoms with Crippen molar-refractivity contribution in [1.29, 1.82) is 0 Å². The minimum Gasteiger partial charge on any atom is -0.476 e. The van der Waals surface area contributed by atoms with Gasteiger partial charge in [0.2, 0.25) is 10.0 Å². The zero-order valence-electron chi connectivity index (χ0n) is 19.5. The summed E-state index contributed by atoms with van der Waals surface area (Å²) in [4.78, 5) is 14.4. The van der Waals surface area contributed by atoms with E-state index < -0.39 is 15.6 Å². The molecule has 1 heterocycles. The third-order valence-corrected chi connectivity index (χ3v) is 5.50. The molecule has 0 saturated heterocycles. The molecule has 3 rings (SSSR count). The van der Waals surface area contributed by atoms with Gasteiger partial charge >= 0.3 is 0 Å². The van der Waals surface area contributed by atoms with Crippen LogP contribution in [0.1, 0.15) is 59.1 Å². The Labute approximate surface area is 206 Å². The molecule has 2 aromatic rings. The molecule has 0 bridgehead atoms. The summed E-state index contributed by atoms with van der Waals surface area (Å²) in [6.07, 6.45) is 3.72. The van der Waals surface area contributed by atoms with Gasteiger partial charge in [0.15, 0.2) is 5.60 Å². The van der Waals surface area contributed by atoms with E-state index in [2.05, 4.69) is 4.72 Å². The third-order valence-electron chi connectivity index (χ3n) is 4.89. The number of fused-ring (bicyclic) bond motifs is 1. The summed E-state index contributed by atoms with van der Waals surface area (Å²) in [6, 6.07) is 13.1. The molecule has 0 radical (unpaired) electrons. The van der Waals surface area contributed by atoms with Gasteiger partial charge in [-0.05, 0) is 82.3 Å². The maximum Gasteiger partial charge on any atom is 0.270 e. The van der Waals surface area contributed by atoms with E-state index in [1.807, 2.05) is 49.1 Å². The molecule has 2 aromatic carbocycles. The number of unbranched alkanes of at least 4 members (excludes halogenated alkanes) is 2. The highest BCUT2D eigenvalue weighted by Crippen LogP contribution is 2.38. The second-order valence-electron chi connectivity index (χ2n) is 8.57. The Bertz CT molecular complexity index is 1040. The number of aliphatic hydroxyl groups excluding tert-OH is 1. The van der Waals surface area contributed by atoms with Crippen LogP contribution in [0.5, 0.6) is 5.75 Å². The molecule has 0 saturated carbocycles. The molecule has 1 aliphatic rings. The van der Waals surface area contributed by atoms with Crippen LogP contribution < -0.4 is 14.4 Å². The Hall–Kier alpha value is -2.58. The van der Waals surface area contributed by atoms with E-state index in [9.17, 15) is 13.2 Å². The van der Waals surface area contributed by atoms with E-state index in [0.29, 0.717) is 12.2 Å². The Morgan fingerprint density at radius 2 is 1.65 bits per heavy atom. The molecule has 1 aliphatic heterocycles. The number of carbonyl (C=O) groups excluding carboxylic acids is 1. The average Bonchev–Trinajstić information content (AvgIpc) is 2.67. The van der Waals surface area contributed by atoms with E-state index in [-0.39, 0.29) is 27.4 Å². The lowest BCUT2D eigenvalue weighted by Gasteiger charge is -2.39. The lowest BCUT2D eigenvalue weighted by molar-refractivity contribution is -0.132. The van der Waals surface area contributed by atoms with Crippen molar-refractivity contribution in [2.24, 2.45) is 0 Å². The molecule has 0 aromatic heterocycles. The topological polar surface area (TPSA) is 95.9 Å². The standard InChI is InChI=1S/C16H23NO3.C8H11NO2S.2CH4/c1-12-7-8-14-13(11-12)17(9-5-4-6-10-18)15(19)16(2,3)20-14;1-7-4-3-5-8(6-7)9-12(2,10)11;;/h7-8,11,18H,4-6,9-10H2,1-3H3;3-6,9H,1-2H3;2*1H4. The number of amides is 1. The first kappa shape index (κ1) is 31.4. The summed E-state index contributed by atoms with van der Waals surface area (Å²) in [5.74, 6) is 0.766. The largest absolute Gasteiger partial charge is 0.476 e. The van der Waals surface area contributed by atoms with Crippen molar-refractivity contribution in [2.45, 2.75) is 67.4 Å². The van der Waals surface area contributed by atoms with Gasteiger partial charge in [-0.2, -0.15) is 0 Å². The van der Waals surface area contributed by atoms with Crippen molar-refractivity contribution < 1.29 is 23.1 Å². The lowest BCUT2D eigenvalue weighted by Crippen LogP contribution is -2.52. The first-order valence-electron chi connectivity index (χ1n) is 10.7. The highest BCUT2D eigenvalue weighted by molar-refractivity contribution is 7.92. The molecule has 8 heteroatoms. The molecule has 34 heavy (non-hydrogen) atoms. The molecule has 0 aliphatic carbocycles. The minimum atomic E-state index is -3.14. The van der Waals surface area contributed by atoms with Gasteiger partial charge in [0.25, 0.3) is 5.91 Å². The van der Waals surface area contributed by atoms with Gasteiger partial charge in [-0.15, -0.1) is 0 Å². The highest BCUT2D eigenvalue weighted by atomic mass is 32.2. The van der Waals surface area contributed by atoms with Crippen LogP contribution in [0.4, 0.5) is 11.4 Å². The summed E-state index contributed by atoms with van der Waals surface area (Å²) in [6.45, 7) is 8.40.